The zero-order valence-electron chi connectivity index (χ0n) is 9.89. The van der Waals surface area contributed by atoms with Crippen LogP contribution in [0.3, 0.4) is 0 Å². The summed E-state index contributed by atoms with van der Waals surface area (Å²) in [7, 11) is 0. The normalized spacial score (nSPS) is 16.1. The molecule has 1 heterocycles. The van der Waals surface area contributed by atoms with Gasteiger partial charge in [0.1, 0.15) is 0 Å². The highest BCUT2D eigenvalue weighted by atomic mass is 16.4. The van der Waals surface area contributed by atoms with E-state index in [1.807, 2.05) is 25.1 Å². The van der Waals surface area contributed by atoms with Crippen LogP contribution in [-0.2, 0) is 0 Å². The summed E-state index contributed by atoms with van der Waals surface area (Å²) in [6, 6.07) is 5.92. The van der Waals surface area contributed by atoms with E-state index in [0.29, 0.717) is 26.2 Å². The molecule has 1 aromatic rings. The first-order chi connectivity index (χ1) is 8.08. The first-order valence-corrected chi connectivity index (χ1v) is 5.67. The molecule has 0 radical (unpaired) electrons. The molecule has 92 valence electrons. The molecule has 0 aromatic heterocycles. The summed E-state index contributed by atoms with van der Waals surface area (Å²) in [5.41, 5.74) is 8.86. The van der Waals surface area contributed by atoms with E-state index >= 15 is 0 Å². The first kappa shape index (κ1) is 11.6. The van der Waals surface area contributed by atoms with Crippen molar-refractivity contribution < 1.29 is 9.90 Å². The lowest BCUT2D eigenvalue weighted by atomic mass is 10.1. The van der Waals surface area contributed by atoms with E-state index in [4.69, 9.17) is 10.8 Å². The van der Waals surface area contributed by atoms with E-state index in [2.05, 4.69) is 4.90 Å². The standard InChI is InChI=1S/C12H17N3O2/c1-9-2-3-10(13)11(8-9)14-4-6-15(7-5-14)12(16)17/h2-3,8H,4-7,13H2,1H3,(H,16,17). The SMILES string of the molecule is Cc1ccc(N)c(N2CCN(C(=O)O)CC2)c1. The topological polar surface area (TPSA) is 69.8 Å². The average Bonchev–Trinajstić information content (AvgIpc) is 2.32. The second-order valence-corrected chi connectivity index (χ2v) is 4.32. The van der Waals surface area contributed by atoms with Crippen LogP contribution >= 0.6 is 0 Å². The third kappa shape index (κ3) is 2.43. The van der Waals surface area contributed by atoms with Crippen LogP contribution in [0.4, 0.5) is 16.2 Å². The molecule has 17 heavy (non-hydrogen) atoms. The van der Waals surface area contributed by atoms with Crippen LogP contribution in [0.2, 0.25) is 0 Å². The average molecular weight is 235 g/mol. The number of aryl methyl sites for hydroxylation is 1. The molecule has 0 bridgehead atoms. The molecule has 1 aliphatic rings. The van der Waals surface area contributed by atoms with E-state index in [0.717, 1.165) is 16.9 Å². The lowest BCUT2D eigenvalue weighted by Gasteiger charge is -2.35. The zero-order chi connectivity index (χ0) is 12.4. The summed E-state index contributed by atoms with van der Waals surface area (Å²) >= 11 is 0. The zero-order valence-corrected chi connectivity index (χ0v) is 9.89. The summed E-state index contributed by atoms with van der Waals surface area (Å²) in [5.74, 6) is 0. The van der Waals surface area contributed by atoms with Crippen LogP contribution < -0.4 is 10.6 Å². The number of nitrogen functional groups attached to an aromatic ring is 1. The number of rotatable bonds is 1. The number of carboxylic acid groups (broad SMARTS) is 1. The summed E-state index contributed by atoms with van der Waals surface area (Å²) in [6.07, 6.45) is -0.845. The van der Waals surface area contributed by atoms with Crippen molar-refractivity contribution >= 4 is 17.5 Å². The van der Waals surface area contributed by atoms with Crippen molar-refractivity contribution in [3.63, 3.8) is 0 Å². The Labute approximate surface area is 100 Å². The molecule has 0 unspecified atom stereocenters. The molecule has 1 amide bonds. The van der Waals surface area contributed by atoms with Crippen molar-refractivity contribution in [2.24, 2.45) is 0 Å². The maximum Gasteiger partial charge on any atom is 0.407 e. The van der Waals surface area contributed by atoms with Crippen LogP contribution in [0.25, 0.3) is 0 Å². The van der Waals surface area contributed by atoms with Crippen LogP contribution in [0.5, 0.6) is 0 Å². The fraction of sp³-hybridized carbons (Fsp3) is 0.417. The Morgan fingerprint density at radius 1 is 1.29 bits per heavy atom. The van der Waals surface area contributed by atoms with Gasteiger partial charge < -0.3 is 20.6 Å². The quantitative estimate of drug-likeness (QED) is 0.721. The van der Waals surface area contributed by atoms with E-state index in [-0.39, 0.29) is 0 Å². The van der Waals surface area contributed by atoms with E-state index < -0.39 is 6.09 Å². The van der Waals surface area contributed by atoms with Gasteiger partial charge >= 0.3 is 6.09 Å². The second-order valence-electron chi connectivity index (χ2n) is 4.32. The summed E-state index contributed by atoms with van der Waals surface area (Å²) in [4.78, 5) is 14.4. The summed E-state index contributed by atoms with van der Waals surface area (Å²) < 4.78 is 0. The molecule has 0 atom stereocenters. The molecule has 0 saturated carbocycles. The molecule has 5 nitrogen and oxygen atoms in total. The minimum atomic E-state index is -0.845. The predicted octanol–water partition coefficient (Wildman–Crippen LogP) is 1.38. The molecule has 0 spiro atoms. The number of carbonyl (C=O) groups is 1. The Balaban J connectivity index is 2.10. The van der Waals surface area contributed by atoms with E-state index in [1.165, 1.54) is 4.90 Å². The third-order valence-corrected chi connectivity index (χ3v) is 3.08. The molecule has 2 rings (SSSR count). The van der Waals surface area contributed by atoms with Crippen molar-refractivity contribution in [1.82, 2.24) is 4.90 Å². The maximum atomic E-state index is 10.8. The number of amides is 1. The predicted molar refractivity (Wildman–Crippen MR) is 67.4 cm³/mol. The molecular weight excluding hydrogens is 218 g/mol. The summed E-state index contributed by atoms with van der Waals surface area (Å²) in [5, 5.41) is 8.88. The molecule has 3 N–H and O–H groups in total. The Bertz CT molecular complexity index is 426. The number of hydrogen-bond acceptors (Lipinski definition) is 3. The van der Waals surface area contributed by atoms with Gasteiger partial charge in [-0.25, -0.2) is 4.79 Å². The van der Waals surface area contributed by atoms with Gasteiger partial charge in [-0.1, -0.05) is 6.07 Å². The van der Waals surface area contributed by atoms with Gasteiger partial charge in [0.25, 0.3) is 0 Å². The van der Waals surface area contributed by atoms with Crippen molar-refractivity contribution in [3.8, 4) is 0 Å². The van der Waals surface area contributed by atoms with Crippen molar-refractivity contribution in [2.75, 3.05) is 36.8 Å². The highest BCUT2D eigenvalue weighted by Crippen LogP contribution is 2.25. The number of benzene rings is 1. The monoisotopic (exact) mass is 235 g/mol. The smallest absolute Gasteiger partial charge is 0.407 e. The van der Waals surface area contributed by atoms with Gasteiger partial charge in [0.05, 0.1) is 11.4 Å². The van der Waals surface area contributed by atoms with Gasteiger partial charge in [0.15, 0.2) is 0 Å². The lowest BCUT2D eigenvalue weighted by molar-refractivity contribution is 0.142. The van der Waals surface area contributed by atoms with Crippen molar-refractivity contribution in [2.45, 2.75) is 6.92 Å². The van der Waals surface area contributed by atoms with Gasteiger partial charge in [-0.3, -0.25) is 0 Å². The van der Waals surface area contributed by atoms with Crippen LogP contribution in [0.1, 0.15) is 5.56 Å². The molecule has 0 aliphatic carbocycles. The highest BCUT2D eigenvalue weighted by molar-refractivity contribution is 5.70. The first-order valence-electron chi connectivity index (χ1n) is 5.67. The van der Waals surface area contributed by atoms with Crippen molar-refractivity contribution in [1.29, 1.82) is 0 Å². The van der Waals surface area contributed by atoms with Crippen LogP contribution in [0.15, 0.2) is 18.2 Å². The number of anilines is 2. The van der Waals surface area contributed by atoms with Crippen LogP contribution in [0, 0.1) is 6.92 Å². The molecule has 1 fully saturated rings. The van der Waals surface area contributed by atoms with E-state index in [1.54, 1.807) is 0 Å². The maximum absolute atomic E-state index is 10.8. The molecular formula is C12H17N3O2. The van der Waals surface area contributed by atoms with Gasteiger partial charge in [-0.15, -0.1) is 0 Å². The third-order valence-electron chi connectivity index (χ3n) is 3.08. The Hall–Kier alpha value is -1.91. The minimum Gasteiger partial charge on any atom is -0.465 e. The van der Waals surface area contributed by atoms with Gasteiger partial charge in [-0.05, 0) is 24.6 Å². The van der Waals surface area contributed by atoms with Gasteiger partial charge in [0, 0.05) is 26.2 Å². The largest absolute Gasteiger partial charge is 0.465 e. The number of nitrogens with zero attached hydrogens (tertiary/aromatic N) is 2. The molecule has 1 saturated heterocycles. The summed E-state index contributed by atoms with van der Waals surface area (Å²) in [6.45, 7) is 4.47. The minimum absolute atomic E-state index is 0.530. The second kappa shape index (κ2) is 4.53. The molecule has 1 aliphatic heterocycles. The lowest BCUT2D eigenvalue weighted by Crippen LogP contribution is -2.48. The fourth-order valence-electron chi connectivity index (χ4n) is 2.07. The number of piperazine rings is 1. The molecule has 1 aromatic carbocycles. The number of nitrogens with two attached hydrogens (primary N) is 1. The van der Waals surface area contributed by atoms with E-state index in [9.17, 15) is 4.79 Å². The number of hydrogen-bond donors (Lipinski definition) is 2. The fourth-order valence-corrected chi connectivity index (χ4v) is 2.07. The Kier molecular flexibility index (Phi) is 3.08. The van der Waals surface area contributed by atoms with Crippen LogP contribution in [-0.4, -0.2) is 42.3 Å². The van der Waals surface area contributed by atoms with Crippen molar-refractivity contribution in [3.05, 3.63) is 23.8 Å². The highest BCUT2D eigenvalue weighted by Gasteiger charge is 2.21. The Morgan fingerprint density at radius 2 is 1.94 bits per heavy atom. The Morgan fingerprint density at radius 3 is 2.53 bits per heavy atom. The molecule has 5 heteroatoms. The van der Waals surface area contributed by atoms with Gasteiger partial charge in [-0.2, -0.15) is 0 Å². The van der Waals surface area contributed by atoms with Gasteiger partial charge in [0.2, 0.25) is 0 Å².